The van der Waals surface area contributed by atoms with Gasteiger partial charge < -0.3 is 0 Å². The van der Waals surface area contributed by atoms with Crippen LogP contribution in [-0.2, 0) is 0 Å². The Hall–Kier alpha value is -7.58. The van der Waals surface area contributed by atoms with Crippen LogP contribution in [0.5, 0.6) is 0 Å². The molecule has 0 radical (unpaired) electrons. The highest BCUT2D eigenvalue weighted by atomic mass is 19.2. The molecule has 62 heavy (non-hydrogen) atoms. The summed E-state index contributed by atoms with van der Waals surface area (Å²) in [6, 6.07) is 44.4. The Morgan fingerprint density at radius 3 is 0.500 bits per heavy atom. The van der Waals surface area contributed by atoms with Crippen molar-refractivity contribution in [3.05, 3.63) is 229 Å². The third-order valence-electron chi connectivity index (χ3n) is 10.7. The van der Waals surface area contributed by atoms with E-state index in [1.807, 2.05) is 12.1 Å². The van der Waals surface area contributed by atoms with Gasteiger partial charge in [0.1, 0.15) is 46.5 Å². The van der Waals surface area contributed by atoms with E-state index in [0.717, 1.165) is 24.3 Å². The van der Waals surface area contributed by atoms with Crippen LogP contribution in [0.1, 0.15) is 0 Å². The van der Waals surface area contributed by atoms with Crippen LogP contribution in [0, 0.1) is 46.5 Å². The summed E-state index contributed by atoms with van der Waals surface area (Å²) in [4.78, 5) is 0. The van der Waals surface area contributed by atoms with Gasteiger partial charge in [0.05, 0.1) is 0 Å². The van der Waals surface area contributed by atoms with Crippen molar-refractivity contribution in [2.24, 2.45) is 0 Å². The monoisotopic (exact) mass is 830 g/mol. The fourth-order valence-electron chi connectivity index (χ4n) is 8.21. The zero-order chi connectivity index (χ0) is 43.1. The van der Waals surface area contributed by atoms with E-state index in [1.165, 1.54) is 48.5 Å². The Kier molecular flexibility index (Phi) is 10.6. The highest BCUT2D eigenvalue weighted by Gasteiger charge is 2.24. The van der Waals surface area contributed by atoms with Crippen LogP contribution in [0.3, 0.4) is 0 Å². The Balaban J connectivity index is 1.45. The molecular weight excluding hydrogens is 801 g/mol. The Morgan fingerprint density at radius 2 is 0.323 bits per heavy atom. The topological polar surface area (TPSA) is 0 Å². The highest BCUT2D eigenvalue weighted by Crippen LogP contribution is 2.50. The van der Waals surface area contributed by atoms with Crippen LogP contribution in [0.25, 0.3) is 89.0 Å². The lowest BCUT2D eigenvalue weighted by Crippen LogP contribution is -1.98. The molecule has 8 heteroatoms. The summed E-state index contributed by atoms with van der Waals surface area (Å²) in [6.07, 6.45) is 0. The van der Waals surface area contributed by atoms with Crippen molar-refractivity contribution >= 4 is 0 Å². The molecule has 9 rings (SSSR count). The Morgan fingerprint density at radius 1 is 0.161 bits per heavy atom. The largest absolute Gasteiger partial charge is 0.207 e. The minimum Gasteiger partial charge on any atom is -0.207 e. The first-order valence-corrected chi connectivity index (χ1v) is 19.4. The van der Waals surface area contributed by atoms with Crippen molar-refractivity contribution in [3.63, 3.8) is 0 Å². The molecule has 0 saturated carbocycles. The summed E-state index contributed by atoms with van der Waals surface area (Å²) in [5.41, 5.74) is 6.72. The van der Waals surface area contributed by atoms with E-state index in [2.05, 4.69) is 0 Å². The van der Waals surface area contributed by atoms with E-state index >= 15 is 0 Å². The molecule has 0 N–H and O–H groups in total. The van der Waals surface area contributed by atoms with E-state index in [1.54, 1.807) is 97.1 Å². The fourth-order valence-corrected chi connectivity index (χ4v) is 8.21. The maximum Gasteiger partial charge on any atom is 0.126 e. The summed E-state index contributed by atoms with van der Waals surface area (Å²) in [5, 5.41) is 0. The molecule has 0 bridgehead atoms. The standard InChI is InChI=1S/C54H30F8/c55-35-17-31(18-36(56)25-35)43-9-1-5-13-47(43)51-29-53(49-15-7-3-11-45(49)33-21-39(59)27-40(60)22-33)54(50-16-8-4-12-46(50)34-23-41(61)28-42(62)24-34)30-52(51)48-14-6-2-10-44(48)32-19-37(57)26-38(58)20-32/h1-30H. The number of hydrogen-bond donors (Lipinski definition) is 0. The van der Waals surface area contributed by atoms with Gasteiger partial charge in [-0.05, 0) is 150 Å². The second-order valence-electron chi connectivity index (χ2n) is 14.8. The molecule has 0 heterocycles. The third-order valence-corrected chi connectivity index (χ3v) is 10.7. The lowest BCUT2D eigenvalue weighted by molar-refractivity contribution is 0.583. The van der Waals surface area contributed by atoms with Crippen LogP contribution >= 0.6 is 0 Å². The molecule has 0 aliphatic heterocycles. The van der Waals surface area contributed by atoms with Gasteiger partial charge in [0.25, 0.3) is 0 Å². The SMILES string of the molecule is Fc1cc(F)cc(-c2ccccc2-c2cc(-c3ccccc3-c3cc(F)cc(F)c3)c(-c3ccccc3-c3cc(F)cc(F)c3)cc2-c2ccccc2-c2cc(F)cc(F)c2)c1. The molecule has 0 unspecified atom stereocenters. The van der Waals surface area contributed by atoms with Crippen LogP contribution in [0.15, 0.2) is 182 Å². The molecule has 302 valence electrons. The molecule has 0 aromatic heterocycles. The second-order valence-corrected chi connectivity index (χ2v) is 14.8. The summed E-state index contributed by atoms with van der Waals surface area (Å²) in [7, 11) is 0. The van der Waals surface area contributed by atoms with Crippen LogP contribution < -0.4 is 0 Å². The maximum atomic E-state index is 14.9. The van der Waals surface area contributed by atoms with E-state index in [4.69, 9.17) is 0 Å². The minimum atomic E-state index is -0.800. The molecular formula is C54H30F8. The summed E-state index contributed by atoms with van der Waals surface area (Å²) >= 11 is 0. The van der Waals surface area contributed by atoms with Crippen molar-refractivity contribution in [1.29, 1.82) is 0 Å². The Bertz CT molecular complexity index is 2680. The first-order chi connectivity index (χ1) is 30.0. The lowest BCUT2D eigenvalue weighted by atomic mass is 9.80. The van der Waals surface area contributed by atoms with Crippen LogP contribution in [0.2, 0.25) is 0 Å². The lowest BCUT2D eigenvalue weighted by Gasteiger charge is -2.23. The molecule has 0 atom stereocenters. The minimum absolute atomic E-state index is 0.226. The van der Waals surface area contributed by atoms with Crippen molar-refractivity contribution in [3.8, 4) is 89.0 Å². The molecule has 0 nitrogen and oxygen atoms in total. The molecule has 0 aliphatic carbocycles. The maximum absolute atomic E-state index is 14.9. The highest BCUT2D eigenvalue weighted by molar-refractivity contribution is 6.04. The third kappa shape index (κ3) is 7.90. The average molecular weight is 831 g/mol. The number of hydrogen-bond acceptors (Lipinski definition) is 0. The summed E-state index contributed by atoms with van der Waals surface area (Å²) in [6.45, 7) is 0. The smallest absolute Gasteiger partial charge is 0.126 e. The molecule has 0 amide bonds. The molecule has 0 saturated heterocycles. The van der Waals surface area contributed by atoms with Crippen LogP contribution in [0.4, 0.5) is 35.1 Å². The van der Waals surface area contributed by atoms with E-state index in [0.29, 0.717) is 66.8 Å². The van der Waals surface area contributed by atoms with Crippen LogP contribution in [-0.4, -0.2) is 0 Å². The van der Waals surface area contributed by atoms with Gasteiger partial charge in [0.2, 0.25) is 0 Å². The van der Waals surface area contributed by atoms with Gasteiger partial charge in [-0.2, -0.15) is 0 Å². The summed E-state index contributed by atoms with van der Waals surface area (Å²) in [5.74, 6) is -6.40. The predicted molar refractivity (Wildman–Crippen MR) is 230 cm³/mol. The fraction of sp³-hybridized carbons (Fsp3) is 0. The Labute approximate surface area is 351 Å². The molecule has 0 aliphatic rings. The van der Waals surface area contributed by atoms with E-state index in [-0.39, 0.29) is 22.3 Å². The summed E-state index contributed by atoms with van der Waals surface area (Å²) < 4.78 is 119. The van der Waals surface area contributed by atoms with Gasteiger partial charge >= 0.3 is 0 Å². The normalized spacial score (nSPS) is 11.2. The predicted octanol–water partition coefficient (Wildman–Crippen LogP) is 16.1. The van der Waals surface area contributed by atoms with Gasteiger partial charge in [-0.25, -0.2) is 35.1 Å². The zero-order valence-electron chi connectivity index (χ0n) is 32.3. The van der Waals surface area contributed by atoms with Gasteiger partial charge in [0.15, 0.2) is 0 Å². The molecule has 9 aromatic carbocycles. The van der Waals surface area contributed by atoms with Crippen molar-refractivity contribution in [1.82, 2.24) is 0 Å². The van der Waals surface area contributed by atoms with Crippen molar-refractivity contribution < 1.29 is 35.1 Å². The van der Waals surface area contributed by atoms with Gasteiger partial charge in [-0.3, -0.25) is 0 Å². The average Bonchev–Trinajstić information content (AvgIpc) is 3.24. The van der Waals surface area contributed by atoms with Gasteiger partial charge in [-0.1, -0.05) is 97.1 Å². The number of rotatable bonds is 8. The number of halogens is 8. The first kappa shape index (κ1) is 39.9. The molecule has 0 fully saturated rings. The number of benzene rings is 9. The van der Waals surface area contributed by atoms with E-state index < -0.39 is 46.5 Å². The quantitative estimate of drug-likeness (QED) is 0.134. The first-order valence-electron chi connectivity index (χ1n) is 19.4. The van der Waals surface area contributed by atoms with Crippen molar-refractivity contribution in [2.75, 3.05) is 0 Å². The molecule has 0 spiro atoms. The second kappa shape index (κ2) is 16.5. The van der Waals surface area contributed by atoms with Gasteiger partial charge in [-0.15, -0.1) is 0 Å². The van der Waals surface area contributed by atoms with E-state index in [9.17, 15) is 35.1 Å². The zero-order valence-corrected chi connectivity index (χ0v) is 32.3. The van der Waals surface area contributed by atoms with Crippen molar-refractivity contribution in [2.45, 2.75) is 0 Å². The molecule has 9 aromatic rings. The van der Waals surface area contributed by atoms with Gasteiger partial charge in [0, 0.05) is 24.3 Å².